The molecule has 0 unspecified atom stereocenters. The number of carbonyl (C=O) groups is 1. The van der Waals surface area contributed by atoms with E-state index in [4.69, 9.17) is 10.2 Å². The molecule has 2 aliphatic heterocycles. The summed E-state index contributed by atoms with van der Waals surface area (Å²) in [5.74, 6) is 0.554. The third kappa shape index (κ3) is 3.03. The molecule has 2 fully saturated rings. The van der Waals surface area contributed by atoms with Crippen molar-refractivity contribution in [1.29, 1.82) is 0 Å². The molecule has 1 amide bonds. The number of oxazole rings is 1. The van der Waals surface area contributed by atoms with E-state index in [1.807, 2.05) is 6.92 Å². The van der Waals surface area contributed by atoms with Crippen LogP contribution >= 0.6 is 0 Å². The summed E-state index contributed by atoms with van der Waals surface area (Å²) in [4.78, 5) is 21.2. The van der Waals surface area contributed by atoms with Gasteiger partial charge in [-0.25, -0.2) is 4.98 Å². The van der Waals surface area contributed by atoms with Crippen LogP contribution in [0.25, 0.3) is 0 Å². The lowest BCUT2D eigenvalue weighted by Gasteiger charge is -2.48. The molecule has 1 aromatic rings. The number of amides is 1. The number of hydrogen-bond donors (Lipinski definition) is 1. The average molecular weight is 306 g/mol. The van der Waals surface area contributed by atoms with E-state index in [1.165, 1.54) is 19.3 Å². The Bertz CT molecular complexity index is 514. The highest BCUT2D eigenvalue weighted by atomic mass is 16.3. The Morgan fingerprint density at radius 2 is 1.95 bits per heavy atom. The van der Waals surface area contributed by atoms with E-state index in [-0.39, 0.29) is 5.91 Å². The first-order chi connectivity index (χ1) is 10.6. The lowest BCUT2D eigenvalue weighted by atomic mass is 9.83. The topological polar surface area (TPSA) is 75.6 Å². The predicted molar refractivity (Wildman–Crippen MR) is 83.1 cm³/mol. The molecule has 3 heterocycles. The van der Waals surface area contributed by atoms with Gasteiger partial charge in [0.05, 0.1) is 5.69 Å². The Morgan fingerprint density at radius 3 is 2.50 bits per heavy atom. The summed E-state index contributed by atoms with van der Waals surface area (Å²) in [6.07, 6.45) is 6.98. The second-order valence-corrected chi connectivity index (χ2v) is 6.58. The van der Waals surface area contributed by atoms with Gasteiger partial charge in [-0.05, 0) is 38.8 Å². The molecule has 0 bridgehead atoms. The SMILES string of the molecule is Cc1nc(CN2CCC(C(N)=O)(N3CCCCC3)CC2)co1. The third-order valence-corrected chi connectivity index (χ3v) is 5.16. The number of carbonyl (C=O) groups excluding carboxylic acids is 1. The summed E-state index contributed by atoms with van der Waals surface area (Å²) in [5, 5.41) is 0. The molecule has 0 radical (unpaired) electrons. The normalized spacial score (nSPS) is 23.5. The van der Waals surface area contributed by atoms with Gasteiger partial charge < -0.3 is 10.2 Å². The molecule has 3 rings (SSSR count). The molecule has 2 N–H and O–H groups in total. The molecule has 0 spiro atoms. The minimum atomic E-state index is -0.434. The summed E-state index contributed by atoms with van der Waals surface area (Å²) >= 11 is 0. The number of likely N-dealkylation sites (tertiary alicyclic amines) is 2. The number of hydrogen-bond acceptors (Lipinski definition) is 5. The maximum Gasteiger partial charge on any atom is 0.238 e. The Balaban J connectivity index is 1.63. The fraction of sp³-hybridized carbons (Fsp3) is 0.750. The van der Waals surface area contributed by atoms with Crippen molar-refractivity contribution in [3.05, 3.63) is 17.8 Å². The van der Waals surface area contributed by atoms with E-state index in [2.05, 4.69) is 14.8 Å². The molecule has 0 saturated carbocycles. The Kier molecular flexibility index (Phi) is 4.49. The van der Waals surface area contributed by atoms with Crippen molar-refractivity contribution in [2.24, 2.45) is 5.73 Å². The first-order valence-electron chi connectivity index (χ1n) is 8.28. The quantitative estimate of drug-likeness (QED) is 0.907. The summed E-state index contributed by atoms with van der Waals surface area (Å²) in [6.45, 7) is 6.41. The monoisotopic (exact) mass is 306 g/mol. The summed E-state index contributed by atoms with van der Waals surface area (Å²) in [5.41, 5.74) is 6.33. The first-order valence-corrected chi connectivity index (χ1v) is 8.28. The van der Waals surface area contributed by atoms with Crippen LogP contribution < -0.4 is 5.73 Å². The standard InChI is InChI=1S/C16H26N4O2/c1-13-18-14(12-22-13)11-19-9-5-16(6-10-19,15(17)21)20-7-3-2-4-8-20/h12H,2-11H2,1H3,(H2,17,21). The van der Waals surface area contributed by atoms with Crippen molar-refractivity contribution in [3.8, 4) is 0 Å². The van der Waals surface area contributed by atoms with Gasteiger partial charge in [-0.3, -0.25) is 14.6 Å². The van der Waals surface area contributed by atoms with Gasteiger partial charge in [-0.1, -0.05) is 6.42 Å². The zero-order valence-corrected chi connectivity index (χ0v) is 13.4. The van der Waals surface area contributed by atoms with Gasteiger partial charge in [0, 0.05) is 26.6 Å². The first kappa shape index (κ1) is 15.5. The molecule has 6 nitrogen and oxygen atoms in total. The van der Waals surface area contributed by atoms with Crippen LogP contribution in [0.4, 0.5) is 0 Å². The Morgan fingerprint density at radius 1 is 1.27 bits per heavy atom. The number of nitrogens with zero attached hydrogens (tertiary/aromatic N) is 3. The van der Waals surface area contributed by atoms with Gasteiger partial charge in [0.2, 0.25) is 5.91 Å². The Hall–Kier alpha value is -1.40. The lowest BCUT2D eigenvalue weighted by Crippen LogP contribution is -2.63. The summed E-state index contributed by atoms with van der Waals surface area (Å²) < 4.78 is 5.26. The summed E-state index contributed by atoms with van der Waals surface area (Å²) in [6, 6.07) is 0. The second kappa shape index (κ2) is 6.38. The van der Waals surface area contributed by atoms with E-state index < -0.39 is 5.54 Å². The van der Waals surface area contributed by atoms with Gasteiger partial charge in [0.25, 0.3) is 0 Å². The molecule has 0 aromatic carbocycles. The van der Waals surface area contributed by atoms with Crippen molar-refractivity contribution < 1.29 is 9.21 Å². The van der Waals surface area contributed by atoms with E-state index >= 15 is 0 Å². The Labute approximate surface area is 131 Å². The van der Waals surface area contributed by atoms with Gasteiger partial charge >= 0.3 is 0 Å². The van der Waals surface area contributed by atoms with Crippen LogP contribution in [0.15, 0.2) is 10.7 Å². The maximum atomic E-state index is 12.2. The van der Waals surface area contributed by atoms with Crippen LogP contribution in [0.2, 0.25) is 0 Å². The molecule has 0 aliphatic carbocycles. The van der Waals surface area contributed by atoms with Crippen molar-refractivity contribution in [1.82, 2.24) is 14.8 Å². The zero-order chi connectivity index (χ0) is 15.6. The van der Waals surface area contributed by atoms with Crippen LogP contribution in [0.5, 0.6) is 0 Å². The number of aryl methyl sites for hydroxylation is 1. The van der Waals surface area contributed by atoms with Crippen LogP contribution in [0, 0.1) is 6.92 Å². The van der Waals surface area contributed by atoms with E-state index in [0.29, 0.717) is 5.89 Å². The molecule has 122 valence electrons. The molecule has 0 atom stereocenters. The second-order valence-electron chi connectivity index (χ2n) is 6.58. The minimum absolute atomic E-state index is 0.147. The predicted octanol–water partition coefficient (Wildman–Crippen LogP) is 1.29. The lowest BCUT2D eigenvalue weighted by molar-refractivity contribution is -0.135. The average Bonchev–Trinajstić information content (AvgIpc) is 2.94. The highest BCUT2D eigenvalue weighted by molar-refractivity contribution is 5.84. The molecular weight excluding hydrogens is 280 g/mol. The fourth-order valence-electron chi connectivity index (χ4n) is 3.83. The highest BCUT2D eigenvalue weighted by Crippen LogP contribution is 2.32. The van der Waals surface area contributed by atoms with Gasteiger partial charge in [-0.2, -0.15) is 0 Å². The van der Waals surface area contributed by atoms with Crippen LogP contribution in [-0.2, 0) is 11.3 Å². The highest BCUT2D eigenvalue weighted by Gasteiger charge is 2.45. The zero-order valence-electron chi connectivity index (χ0n) is 13.4. The molecule has 22 heavy (non-hydrogen) atoms. The van der Waals surface area contributed by atoms with Crippen molar-refractivity contribution >= 4 is 5.91 Å². The van der Waals surface area contributed by atoms with Gasteiger partial charge in [0.1, 0.15) is 11.8 Å². The molecule has 2 saturated heterocycles. The van der Waals surface area contributed by atoms with E-state index in [9.17, 15) is 4.79 Å². The molecule has 1 aromatic heterocycles. The smallest absolute Gasteiger partial charge is 0.238 e. The number of primary amides is 1. The third-order valence-electron chi connectivity index (χ3n) is 5.16. The number of nitrogens with two attached hydrogens (primary N) is 1. The maximum absolute atomic E-state index is 12.2. The van der Waals surface area contributed by atoms with Crippen molar-refractivity contribution in [3.63, 3.8) is 0 Å². The molecule has 2 aliphatic rings. The molecule has 6 heteroatoms. The molecular formula is C16H26N4O2. The summed E-state index contributed by atoms with van der Waals surface area (Å²) in [7, 11) is 0. The van der Waals surface area contributed by atoms with Gasteiger partial charge in [0.15, 0.2) is 5.89 Å². The van der Waals surface area contributed by atoms with E-state index in [0.717, 1.165) is 51.3 Å². The number of rotatable bonds is 4. The van der Waals surface area contributed by atoms with Gasteiger partial charge in [-0.15, -0.1) is 0 Å². The largest absolute Gasteiger partial charge is 0.449 e. The van der Waals surface area contributed by atoms with Crippen molar-refractivity contribution in [2.75, 3.05) is 26.2 Å². The van der Waals surface area contributed by atoms with Crippen LogP contribution in [0.3, 0.4) is 0 Å². The van der Waals surface area contributed by atoms with Crippen LogP contribution in [-0.4, -0.2) is 52.4 Å². The van der Waals surface area contributed by atoms with Crippen molar-refractivity contribution in [2.45, 2.75) is 51.1 Å². The number of aromatic nitrogens is 1. The fourth-order valence-corrected chi connectivity index (χ4v) is 3.83. The minimum Gasteiger partial charge on any atom is -0.449 e. The van der Waals surface area contributed by atoms with Crippen LogP contribution in [0.1, 0.15) is 43.7 Å². The van der Waals surface area contributed by atoms with E-state index in [1.54, 1.807) is 6.26 Å². The number of piperidine rings is 2.